The van der Waals surface area contributed by atoms with E-state index in [0.29, 0.717) is 24.7 Å². The Hall–Kier alpha value is -2.11. The van der Waals surface area contributed by atoms with E-state index >= 15 is 0 Å². The lowest BCUT2D eigenvalue weighted by molar-refractivity contribution is -0.118. The van der Waals surface area contributed by atoms with Gasteiger partial charge in [-0.25, -0.2) is 9.78 Å². The third-order valence-corrected chi connectivity index (χ3v) is 2.59. The first-order valence-corrected chi connectivity index (χ1v) is 5.79. The first-order valence-electron chi connectivity index (χ1n) is 5.79. The number of pyridine rings is 1. The van der Waals surface area contributed by atoms with Gasteiger partial charge in [-0.3, -0.25) is 9.69 Å². The van der Waals surface area contributed by atoms with Gasteiger partial charge in [-0.1, -0.05) is 13.8 Å². The van der Waals surface area contributed by atoms with Gasteiger partial charge < -0.3 is 10.1 Å². The molecule has 0 unspecified atom stereocenters. The topological polar surface area (TPSA) is 71.5 Å². The summed E-state index contributed by atoms with van der Waals surface area (Å²) in [4.78, 5) is 28.5. The van der Waals surface area contributed by atoms with Crippen molar-refractivity contribution in [3.05, 3.63) is 18.3 Å². The molecule has 0 atom stereocenters. The minimum absolute atomic E-state index is 0.108. The summed E-state index contributed by atoms with van der Waals surface area (Å²) in [7, 11) is 0. The quantitative estimate of drug-likeness (QED) is 0.883. The van der Waals surface area contributed by atoms with Gasteiger partial charge in [-0.15, -0.1) is 0 Å². The zero-order chi connectivity index (χ0) is 13.1. The SMILES string of the molecule is CC(C)C(=O)Nc1cc(N2CCOC2=O)ccn1. The Bertz CT molecular complexity index is 473. The second kappa shape index (κ2) is 5.03. The molecule has 2 rings (SSSR count). The molecule has 18 heavy (non-hydrogen) atoms. The van der Waals surface area contributed by atoms with Crippen molar-refractivity contribution in [3.8, 4) is 0 Å². The Labute approximate surface area is 105 Å². The minimum atomic E-state index is -0.373. The van der Waals surface area contributed by atoms with Crippen molar-refractivity contribution in [3.63, 3.8) is 0 Å². The summed E-state index contributed by atoms with van der Waals surface area (Å²) in [6, 6.07) is 3.37. The minimum Gasteiger partial charge on any atom is -0.447 e. The highest BCUT2D eigenvalue weighted by molar-refractivity contribution is 5.93. The molecular weight excluding hydrogens is 234 g/mol. The van der Waals surface area contributed by atoms with Crippen LogP contribution in [0.15, 0.2) is 18.3 Å². The average molecular weight is 249 g/mol. The van der Waals surface area contributed by atoms with Gasteiger partial charge in [-0.05, 0) is 6.07 Å². The zero-order valence-electron chi connectivity index (χ0n) is 10.3. The first-order chi connectivity index (χ1) is 8.58. The molecular formula is C12H15N3O3. The molecule has 0 aromatic carbocycles. The monoisotopic (exact) mass is 249 g/mol. The van der Waals surface area contributed by atoms with Crippen molar-refractivity contribution >= 4 is 23.5 Å². The molecule has 1 aromatic heterocycles. The van der Waals surface area contributed by atoms with E-state index in [2.05, 4.69) is 10.3 Å². The molecule has 2 heterocycles. The van der Waals surface area contributed by atoms with Gasteiger partial charge in [0.25, 0.3) is 0 Å². The maximum absolute atomic E-state index is 11.6. The van der Waals surface area contributed by atoms with Crippen LogP contribution in [0.1, 0.15) is 13.8 Å². The summed E-state index contributed by atoms with van der Waals surface area (Å²) < 4.78 is 4.86. The number of nitrogens with one attached hydrogen (secondary N) is 1. The largest absolute Gasteiger partial charge is 0.447 e. The van der Waals surface area contributed by atoms with E-state index in [1.165, 1.54) is 4.90 Å². The summed E-state index contributed by atoms with van der Waals surface area (Å²) in [6.07, 6.45) is 1.18. The van der Waals surface area contributed by atoms with Crippen LogP contribution < -0.4 is 10.2 Å². The average Bonchev–Trinajstić information content (AvgIpc) is 2.75. The van der Waals surface area contributed by atoms with E-state index in [1.807, 2.05) is 0 Å². The number of carbonyl (C=O) groups excluding carboxylic acids is 2. The van der Waals surface area contributed by atoms with Crippen LogP contribution in [-0.2, 0) is 9.53 Å². The Morgan fingerprint density at radius 3 is 2.94 bits per heavy atom. The molecule has 0 aliphatic carbocycles. The normalized spacial score (nSPS) is 14.8. The number of cyclic esters (lactones) is 1. The first kappa shape index (κ1) is 12.3. The summed E-state index contributed by atoms with van der Waals surface area (Å²) >= 11 is 0. The van der Waals surface area contributed by atoms with Crippen LogP contribution in [0, 0.1) is 5.92 Å². The van der Waals surface area contributed by atoms with Gasteiger partial charge in [-0.2, -0.15) is 0 Å². The van der Waals surface area contributed by atoms with E-state index < -0.39 is 0 Å². The zero-order valence-corrected chi connectivity index (χ0v) is 10.3. The Morgan fingerprint density at radius 1 is 1.56 bits per heavy atom. The number of anilines is 2. The van der Waals surface area contributed by atoms with Gasteiger partial charge in [0.05, 0.1) is 12.2 Å². The number of ether oxygens (including phenoxy) is 1. The fourth-order valence-electron chi connectivity index (χ4n) is 1.55. The van der Waals surface area contributed by atoms with Gasteiger partial charge in [0.15, 0.2) is 0 Å². The van der Waals surface area contributed by atoms with Crippen molar-refractivity contribution < 1.29 is 14.3 Å². The van der Waals surface area contributed by atoms with Crippen molar-refractivity contribution in [2.45, 2.75) is 13.8 Å². The molecule has 6 nitrogen and oxygen atoms in total. The standard InChI is InChI=1S/C12H15N3O3/c1-8(2)11(16)14-10-7-9(3-4-13-10)15-5-6-18-12(15)17/h3-4,7-8H,5-6H2,1-2H3,(H,13,14,16). The van der Waals surface area contributed by atoms with Crippen LogP contribution in [0.3, 0.4) is 0 Å². The van der Waals surface area contributed by atoms with Gasteiger partial charge in [0.1, 0.15) is 12.4 Å². The fraction of sp³-hybridized carbons (Fsp3) is 0.417. The third kappa shape index (κ3) is 2.58. The molecule has 1 aromatic rings. The van der Waals surface area contributed by atoms with Crippen LogP contribution in [0.2, 0.25) is 0 Å². The predicted octanol–water partition coefficient (Wildman–Crippen LogP) is 1.63. The Kier molecular flexibility index (Phi) is 3.45. The molecule has 0 spiro atoms. The third-order valence-electron chi connectivity index (χ3n) is 2.59. The maximum Gasteiger partial charge on any atom is 0.414 e. The smallest absolute Gasteiger partial charge is 0.414 e. The molecule has 6 heteroatoms. The number of hydrogen-bond acceptors (Lipinski definition) is 4. The van der Waals surface area contributed by atoms with Crippen LogP contribution in [0.5, 0.6) is 0 Å². The maximum atomic E-state index is 11.6. The molecule has 0 saturated carbocycles. The van der Waals surface area contributed by atoms with Gasteiger partial charge >= 0.3 is 6.09 Å². The molecule has 2 amide bonds. The summed E-state index contributed by atoms with van der Waals surface area (Å²) in [6.45, 7) is 4.50. The van der Waals surface area contributed by atoms with Gasteiger partial charge in [0, 0.05) is 18.2 Å². The molecule has 1 aliphatic heterocycles. The molecule has 1 N–H and O–H groups in total. The Morgan fingerprint density at radius 2 is 2.33 bits per heavy atom. The summed E-state index contributed by atoms with van der Waals surface area (Å²) in [5, 5.41) is 2.69. The Balaban J connectivity index is 2.15. The lowest BCUT2D eigenvalue weighted by atomic mass is 10.2. The number of hydrogen-bond donors (Lipinski definition) is 1. The highest BCUT2D eigenvalue weighted by atomic mass is 16.6. The van der Waals surface area contributed by atoms with E-state index in [0.717, 1.165) is 0 Å². The van der Waals surface area contributed by atoms with Crippen molar-refractivity contribution in [1.82, 2.24) is 4.98 Å². The van der Waals surface area contributed by atoms with E-state index in [1.54, 1.807) is 32.2 Å². The lowest BCUT2D eigenvalue weighted by Gasteiger charge is -2.14. The van der Waals surface area contributed by atoms with Crippen molar-refractivity contribution in [2.24, 2.45) is 5.92 Å². The molecule has 0 bridgehead atoms. The van der Waals surface area contributed by atoms with Crippen molar-refractivity contribution in [2.75, 3.05) is 23.4 Å². The number of carbonyl (C=O) groups is 2. The van der Waals surface area contributed by atoms with Gasteiger partial charge in [0.2, 0.25) is 5.91 Å². The fourth-order valence-corrected chi connectivity index (χ4v) is 1.55. The summed E-state index contributed by atoms with van der Waals surface area (Å²) in [5.41, 5.74) is 0.673. The molecule has 96 valence electrons. The van der Waals surface area contributed by atoms with E-state index in [-0.39, 0.29) is 17.9 Å². The second-order valence-corrected chi connectivity index (χ2v) is 4.31. The van der Waals surface area contributed by atoms with Crippen LogP contribution in [-0.4, -0.2) is 30.1 Å². The van der Waals surface area contributed by atoms with Crippen LogP contribution >= 0.6 is 0 Å². The predicted molar refractivity (Wildman–Crippen MR) is 66.4 cm³/mol. The second-order valence-electron chi connectivity index (χ2n) is 4.31. The highest BCUT2D eigenvalue weighted by Crippen LogP contribution is 2.20. The number of aromatic nitrogens is 1. The van der Waals surface area contributed by atoms with Crippen LogP contribution in [0.4, 0.5) is 16.3 Å². The molecule has 1 aliphatic rings. The molecule has 1 fully saturated rings. The summed E-state index contributed by atoms with van der Waals surface area (Å²) in [5.74, 6) is 0.210. The number of rotatable bonds is 3. The van der Waals surface area contributed by atoms with Crippen molar-refractivity contribution in [1.29, 1.82) is 0 Å². The number of nitrogens with zero attached hydrogens (tertiary/aromatic N) is 2. The molecule has 1 saturated heterocycles. The number of amides is 2. The van der Waals surface area contributed by atoms with Crippen LogP contribution in [0.25, 0.3) is 0 Å². The van der Waals surface area contributed by atoms with E-state index in [9.17, 15) is 9.59 Å². The lowest BCUT2D eigenvalue weighted by Crippen LogP contribution is -2.24. The van der Waals surface area contributed by atoms with E-state index in [4.69, 9.17) is 4.74 Å². The molecule has 0 radical (unpaired) electrons. The highest BCUT2D eigenvalue weighted by Gasteiger charge is 2.23.